The third-order valence-corrected chi connectivity index (χ3v) is 6.82. The molecule has 0 amide bonds. The minimum atomic E-state index is -3.95. The number of carbonyl (C=O) groups is 1. The number of carboxylic acids is 1. The quantitative estimate of drug-likeness (QED) is 0.848. The van der Waals surface area contributed by atoms with Crippen molar-refractivity contribution in [3.8, 4) is 0 Å². The molecule has 0 aliphatic carbocycles. The van der Waals surface area contributed by atoms with Crippen LogP contribution < -0.4 is 0 Å². The van der Waals surface area contributed by atoms with Crippen LogP contribution in [0, 0.1) is 0 Å². The van der Waals surface area contributed by atoms with E-state index in [0.717, 1.165) is 4.31 Å². The Kier molecular flexibility index (Phi) is 4.68. The van der Waals surface area contributed by atoms with E-state index in [1.54, 1.807) is 13.0 Å². The van der Waals surface area contributed by atoms with E-state index >= 15 is 0 Å². The van der Waals surface area contributed by atoms with Crippen molar-refractivity contribution >= 4 is 43.5 Å². The number of rotatable bonds is 4. The Morgan fingerprint density at radius 2 is 2.19 bits per heavy atom. The lowest BCUT2D eigenvalue weighted by Gasteiger charge is -2.33. The Bertz CT molecular complexity index is 679. The van der Waals surface area contributed by atoms with Crippen molar-refractivity contribution in [3.63, 3.8) is 0 Å². The van der Waals surface area contributed by atoms with Crippen LogP contribution in [0.15, 0.2) is 27.6 Å². The number of nitrogens with zero attached hydrogens (tertiary/aromatic N) is 1. The van der Waals surface area contributed by atoms with Gasteiger partial charge in [0.05, 0.1) is 5.02 Å². The van der Waals surface area contributed by atoms with Gasteiger partial charge in [-0.05, 0) is 37.5 Å². The second-order valence-corrected chi connectivity index (χ2v) is 8.10. The van der Waals surface area contributed by atoms with Crippen molar-refractivity contribution in [2.45, 2.75) is 36.6 Å². The Morgan fingerprint density at radius 3 is 2.71 bits per heavy atom. The Morgan fingerprint density at radius 1 is 1.52 bits per heavy atom. The molecule has 0 bridgehead atoms. The number of hydrogen-bond donors (Lipinski definition) is 1. The summed E-state index contributed by atoms with van der Waals surface area (Å²) in [4.78, 5) is 11.6. The highest BCUT2D eigenvalue weighted by molar-refractivity contribution is 9.10. The molecular formula is C13H15BrClNO4S. The van der Waals surface area contributed by atoms with E-state index in [1.807, 2.05) is 0 Å². The van der Waals surface area contributed by atoms with Gasteiger partial charge in [0.1, 0.15) is 10.4 Å². The van der Waals surface area contributed by atoms with Crippen LogP contribution in [0.5, 0.6) is 0 Å². The largest absolute Gasteiger partial charge is 0.480 e. The predicted molar refractivity (Wildman–Crippen MR) is 82.9 cm³/mol. The lowest BCUT2D eigenvalue weighted by atomic mass is 9.95. The molecule has 2 rings (SSSR count). The molecule has 1 aliphatic rings. The summed E-state index contributed by atoms with van der Waals surface area (Å²) in [6.45, 7) is 1.88. The van der Waals surface area contributed by atoms with Crippen molar-refractivity contribution < 1.29 is 18.3 Å². The van der Waals surface area contributed by atoms with Gasteiger partial charge in [0.2, 0.25) is 10.0 Å². The molecule has 1 atom stereocenters. The van der Waals surface area contributed by atoms with Crippen molar-refractivity contribution in [2.24, 2.45) is 0 Å². The number of hydrogen-bond acceptors (Lipinski definition) is 3. The van der Waals surface area contributed by atoms with Crippen LogP contribution >= 0.6 is 27.5 Å². The molecule has 1 N–H and O–H groups in total. The van der Waals surface area contributed by atoms with Crippen molar-refractivity contribution in [1.82, 2.24) is 4.31 Å². The SMILES string of the molecule is CCC1(C(=O)O)CCCN1S(=O)(=O)c1ccc(Br)cc1Cl. The van der Waals surface area contributed by atoms with Gasteiger partial charge in [0.15, 0.2) is 0 Å². The molecule has 5 nitrogen and oxygen atoms in total. The van der Waals surface area contributed by atoms with Gasteiger partial charge in [0, 0.05) is 11.0 Å². The minimum Gasteiger partial charge on any atom is -0.480 e. The van der Waals surface area contributed by atoms with E-state index in [1.165, 1.54) is 12.1 Å². The minimum absolute atomic E-state index is 0.0617. The first-order valence-corrected chi connectivity index (χ1v) is 9.08. The first kappa shape index (κ1) is 16.7. The maximum Gasteiger partial charge on any atom is 0.325 e. The van der Waals surface area contributed by atoms with Crippen molar-refractivity contribution in [2.75, 3.05) is 6.54 Å². The molecule has 0 saturated carbocycles. The van der Waals surface area contributed by atoms with Crippen LogP contribution in [0.25, 0.3) is 0 Å². The third kappa shape index (κ3) is 2.72. The number of sulfonamides is 1. The van der Waals surface area contributed by atoms with E-state index in [9.17, 15) is 18.3 Å². The zero-order valence-corrected chi connectivity index (χ0v) is 14.5. The number of benzene rings is 1. The molecule has 1 heterocycles. The lowest BCUT2D eigenvalue weighted by molar-refractivity contribution is -0.147. The molecule has 0 aromatic heterocycles. The van der Waals surface area contributed by atoms with Crippen LogP contribution in [0.2, 0.25) is 5.02 Å². The highest BCUT2D eigenvalue weighted by Crippen LogP contribution is 2.39. The molecule has 1 unspecified atom stereocenters. The molecule has 21 heavy (non-hydrogen) atoms. The summed E-state index contributed by atoms with van der Waals surface area (Å²) in [6.07, 6.45) is 1.05. The molecule has 116 valence electrons. The van der Waals surface area contributed by atoms with Crippen LogP contribution in [0.3, 0.4) is 0 Å². The highest BCUT2D eigenvalue weighted by Gasteiger charge is 2.52. The Balaban J connectivity index is 2.55. The first-order chi connectivity index (χ1) is 9.75. The standard InChI is InChI=1S/C13H15BrClNO4S/c1-2-13(12(17)18)6-3-7-16(13)21(19,20)11-5-4-9(14)8-10(11)15/h4-5,8H,2-3,6-7H2,1H3,(H,17,18). The van der Waals surface area contributed by atoms with Gasteiger partial charge >= 0.3 is 5.97 Å². The lowest BCUT2D eigenvalue weighted by Crippen LogP contribution is -2.52. The number of halogens is 2. The average Bonchev–Trinajstić information content (AvgIpc) is 2.84. The van der Waals surface area contributed by atoms with Crippen molar-refractivity contribution in [1.29, 1.82) is 0 Å². The van der Waals surface area contributed by atoms with Gasteiger partial charge in [-0.3, -0.25) is 4.79 Å². The summed E-state index contributed by atoms with van der Waals surface area (Å²) in [5, 5.41) is 9.59. The average molecular weight is 397 g/mol. The summed E-state index contributed by atoms with van der Waals surface area (Å²) in [5.74, 6) is -1.11. The second kappa shape index (κ2) is 5.87. The summed E-state index contributed by atoms with van der Waals surface area (Å²) < 4.78 is 27.4. The van der Waals surface area contributed by atoms with E-state index in [0.29, 0.717) is 17.3 Å². The van der Waals surface area contributed by atoms with E-state index in [-0.39, 0.29) is 22.9 Å². The van der Waals surface area contributed by atoms with Gasteiger partial charge in [-0.2, -0.15) is 4.31 Å². The van der Waals surface area contributed by atoms with Crippen LogP contribution in [-0.2, 0) is 14.8 Å². The summed E-state index contributed by atoms with van der Waals surface area (Å²) >= 11 is 9.24. The molecular weight excluding hydrogens is 382 g/mol. The molecule has 0 spiro atoms. The molecule has 1 fully saturated rings. The Labute approximate surface area is 137 Å². The number of aliphatic carboxylic acids is 1. The van der Waals surface area contributed by atoms with Gasteiger partial charge in [-0.1, -0.05) is 34.5 Å². The monoisotopic (exact) mass is 395 g/mol. The predicted octanol–water partition coefficient (Wildman–Crippen LogP) is 3.12. The van der Waals surface area contributed by atoms with E-state index in [4.69, 9.17) is 11.6 Å². The third-order valence-electron chi connectivity index (χ3n) is 3.87. The smallest absolute Gasteiger partial charge is 0.325 e. The first-order valence-electron chi connectivity index (χ1n) is 6.47. The summed E-state index contributed by atoms with van der Waals surface area (Å²) in [7, 11) is -3.95. The van der Waals surface area contributed by atoms with E-state index < -0.39 is 21.5 Å². The van der Waals surface area contributed by atoms with Gasteiger partial charge in [-0.25, -0.2) is 8.42 Å². The molecule has 1 saturated heterocycles. The normalized spacial score (nSPS) is 23.4. The Hall–Kier alpha value is -0.630. The van der Waals surface area contributed by atoms with E-state index in [2.05, 4.69) is 15.9 Å². The molecule has 0 radical (unpaired) electrons. The maximum atomic E-state index is 12.8. The van der Waals surface area contributed by atoms with Gasteiger partial charge in [-0.15, -0.1) is 0 Å². The molecule has 1 aromatic rings. The van der Waals surface area contributed by atoms with Crippen LogP contribution in [0.4, 0.5) is 0 Å². The second-order valence-electron chi connectivity index (χ2n) is 4.95. The maximum absolute atomic E-state index is 12.8. The zero-order chi connectivity index (χ0) is 15.8. The topological polar surface area (TPSA) is 74.7 Å². The van der Waals surface area contributed by atoms with Gasteiger partial charge in [0.25, 0.3) is 0 Å². The fraction of sp³-hybridized carbons (Fsp3) is 0.462. The fourth-order valence-corrected chi connectivity index (χ4v) is 5.60. The van der Waals surface area contributed by atoms with Crippen molar-refractivity contribution in [3.05, 3.63) is 27.7 Å². The highest BCUT2D eigenvalue weighted by atomic mass is 79.9. The van der Waals surface area contributed by atoms with Gasteiger partial charge < -0.3 is 5.11 Å². The summed E-state index contributed by atoms with van der Waals surface area (Å²) in [5.41, 5.74) is -1.38. The molecule has 1 aromatic carbocycles. The number of carboxylic acid groups (broad SMARTS) is 1. The van der Waals surface area contributed by atoms with Crippen LogP contribution in [-0.4, -0.2) is 35.9 Å². The van der Waals surface area contributed by atoms with Crippen LogP contribution in [0.1, 0.15) is 26.2 Å². The fourth-order valence-electron chi connectivity index (χ4n) is 2.73. The molecule has 8 heteroatoms. The summed E-state index contributed by atoms with van der Waals surface area (Å²) in [6, 6.07) is 4.45. The zero-order valence-electron chi connectivity index (χ0n) is 11.3. The molecule has 1 aliphatic heterocycles.